The summed E-state index contributed by atoms with van der Waals surface area (Å²) in [6.07, 6.45) is 5.19. The van der Waals surface area contributed by atoms with E-state index in [-0.39, 0.29) is 35.2 Å². The van der Waals surface area contributed by atoms with Crippen molar-refractivity contribution in [3.63, 3.8) is 0 Å². The fraction of sp³-hybridized carbons (Fsp3) is 0.407. The molecule has 0 bridgehead atoms. The highest BCUT2D eigenvalue weighted by Crippen LogP contribution is 2.24. The van der Waals surface area contributed by atoms with Crippen LogP contribution in [-0.4, -0.2) is 48.6 Å². The Kier molecular flexibility index (Phi) is 13.6. The molecule has 0 aliphatic carbocycles. The van der Waals surface area contributed by atoms with E-state index in [4.69, 9.17) is 4.74 Å². The van der Waals surface area contributed by atoms with Gasteiger partial charge in [0.05, 0.1) is 11.5 Å². The number of ether oxygens (including phenoxy) is 1. The third-order valence-corrected chi connectivity index (χ3v) is 7.58. The van der Waals surface area contributed by atoms with Crippen LogP contribution in [0.15, 0.2) is 59.6 Å². The van der Waals surface area contributed by atoms with Gasteiger partial charge in [-0.3, -0.25) is 0 Å². The summed E-state index contributed by atoms with van der Waals surface area (Å²) in [6, 6.07) is 14.9. The summed E-state index contributed by atoms with van der Waals surface area (Å²) in [5, 5.41) is 9.92. The van der Waals surface area contributed by atoms with Gasteiger partial charge >= 0.3 is 0 Å². The maximum Gasteiger partial charge on any atom is 0.241 e. The predicted molar refractivity (Wildman–Crippen MR) is 166 cm³/mol. The molecule has 0 spiro atoms. The molecular weight excluding hydrogens is 575 g/mol. The minimum atomic E-state index is -3.65. The average molecular weight is 616 g/mol. The van der Waals surface area contributed by atoms with Crippen LogP contribution in [0, 0.1) is 6.92 Å². The maximum atomic E-state index is 12.7. The van der Waals surface area contributed by atoms with Crippen LogP contribution in [0.1, 0.15) is 45.6 Å². The fourth-order valence-electron chi connectivity index (χ4n) is 4.05. The number of halogens is 2. The molecule has 1 aliphatic rings. The molecule has 1 aromatic heterocycles. The molecule has 1 atom stereocenters. The van der Waals surface area contributed by atoms with Crippen LogP contribution in [0.3, 0.4) is 0 Å². The quantitative estimate of drug-likeness (QED) is 0.252. The molecule has 0 amide bonds. The molecule has 1 unspecified atom stereocenters. The minimum Gasteiger partial charge on any atom is -0.494 e. The number of benzene rings is 2. The van der Waals surface area contributed by atoms with Gasteiger partial charge in [0.2, 0.25) is 16.0 Å². The first-order valence-corrected chi connectivity index (χ1v) is 14.0. The zero-order chi connectivity index (χ0) is 26.5. The number of anilines is 4. The molecular formula is C27H40Cl2N6O4S. The van der Waals surface area contributed by atoms with E-state index >= 15 is 0 Å². The smallest absolute Gasteiger partial charge is 0.241 e. The lowest BCUT2D eigenvalue weighted by Crippen LogP contribution is -2.40. The molecule has 4 rings (SSSR count). The first-order valence-electron chi connectivity index (χ1n) is 12.6. The molecule has 10 nitrogen and oxygen atoms in total. The number of nitrogens with one attached hydrogen (secondary N) is 4. The van der Waals surface area contributed by atoms with Gasteiger partial charge in [0.25, 0.3) is 0 Å². The van der Waals surface area contributed by atoms with Crippen molar-refractivity contribution in [2.45, 2.75) is 63.4 Å². The summed E-state index contributed by atoms with van der Waals surface area (Å²) < 4.78 is 34.0. The van der Waals surface area contributed by atoms with Crippen LogP contribution in [0.2, 0.25) is 0 Å². The molecule has 6 N–H and O–H groups in total. The molecule has 0 saturated carbocycles. The van der Waals surface area contributed by atoms with E-state index in [9.17, 15) is 8.42 Å². The largest absolute Gasteiger partial charge is 0.494 e. The van der Waals surface area contributed by atoms with Gasteiger partial charge in [0, 0.05) is 34.7 Å². The van der Waals surface area contributed by atoms with Crippen LogP contribution in [0.5, 0.6) is 5.75 Å². The topological polar surface area (TPSA) is 149 Å². The number of rotatable bonds is 10. The van der Waals surface area contributed by atoms with Gasteiger partial charge in [-0.15, -0.1) is 24.8 Å². The van der Waals surface area contributed by atoms with Crippen LogP contribution >= 0.6 is 24.8 Å². The van der Waals surface area contributed by atoms with Crippen molar-refractivity contribution in [1.82, 2.24) is 20.0 Å². The highest BCUT2D eigenvalue weighted by atomic mass is 35.5. The summed E-state index contributed by atoms with van der Waals surface area (Å²) in [4.78, 5) is 9.16. The molecule has 13 heteroatoms. The molecule has 3 aromatic rings. The minimum absolute atomic E-state index is 0. The van der Waals surface area contributed by atoms with E-state index in [0.717, 1.165) is 30.0 Å². The van der Waals surface area contributed by atoms with E-state index in [1.165, 1.54) is 12.8 Å². The number of hydrogen-bond acceptors (Lipinski definition) is 8. The van der Waals surface area contributed by atoms with Crippen molar-refractivity contribution in [3.05, 3.63) is 60.3 Å². The van der Waals surface area contributed by atoms with Gasteiger partial charge in [0.1, 0.15) is 11.6 Å². The summed E-state index contributed by atoms with van der Waals surface area (Å²) in [6.45, 7) is 9.10. The first kappa shape index (κ1) is 35.4. The number of sulfonamides is 1. The Bertz CT molecular complexity index is 1320. The molecule has 2 heterocycles. The van der Waals surface area contributed by atoms with Crippen molar-refractivity contribution in [3.8, 4) is 5.75 Å². The number of hydrogen-bond donors (Lipinski definition) is 4. The van der Waals surface area contributed by atoms with Gasteiger partial charge in [-0.05, 0) is 96.0 Å². The molecule has 2 aromatic carbocycles. The zero-order valence-corrected chi connectivity index (χ0v) is 25.6. The van der Waals surface area contributed by atoms with Gasteiger partial charge in [-0.25, -0.2) is 18.1 Å². The maximum absolute atomic E-state index is 12.7. The highest BCUT2D eigenvalue weighted by Gasteiger charge is 2.22. The number of aryl methyl sites for hydroxylation is 1. The Morgan fingerprint density at radius 2 is 1.77 bits per heavy atom. The summed E-state index contributed by atoms with van der Waals surface area (Å²) >= 11 is 0. The number of nitrogens with zero attached hydrogens (tertiary/aromatic N) is 2. The van der Waals surface area contributed by atoms with E-state index in [1.807, 2.05) is 31.2 Å². The van der Waals surface area contributed by atoms with Gasteiger partial charge in [-0.1, -0.05) is 6.07 Å². The Morgan fingerprint density at radius 3 is 2.42 bits per heavy atom. The van der Waals surface area contributed by atoms with Gasteiger partial charge < -0.3 is 26.2 Å². The average Bonchev–Trinajstić information content (AvgIpc) is 3.35. The Hall–Kier alpha value is -2.67. The van der Waals surface area contributed by atoms with Crippen molar-refractivity contribution >= 4 is 58.0 Å². The summed E-state index contributed by atoms with van der Waals surface area (Å²) in [5.41, 5.74) is 1.69. The van der Waals surface area contributed by atoms with Gasteiger partial charge in [0.15, 0.2) is 0 Å². The van der Waals surface area contributed by atoms with Crippen LogP contribution in [-0.2, 0) is 10.0 Å². The van der Waals surface area contributed by atoms with Crippen LogP contribution in [0.4, 0.5) is 23.1 Å². The van der Waals surface area contributed by atoms with E-state index in [2.05, 4.69) is 30.6 Å². The lowest BCUT2D eigenvalue weighted by molar-refractivity contribution is 0.292. The Labute approximate surface area is 249 Å². The van der Waals surface area contributed by atoms with Crippen LogP contribution in [0.25, 0.3) is 0 Å². The van der Waals surface area contributed by atoms with E-state index in [0.29, 0.717) is 30.1 Å². The molecule has 40 heavy (non-hydrogen) atoms. The normalized spacial score (nSPS) is 14.8. The highest BCUT2D eigenvalue weighted by molar-refractivity contribution is 7.89. The Balaban J connectivity index is 0.00000267. The molecule has 222 valence electrons. The van der Waals surface area contributed by atoms with Gasteiger partial charge in [-0.2, -0.15) is 4.98 Å². The van der Waals surface area contributed by atoms with E-state index < -0.39 is 15.6 Å². The third-order valence-electron chi connectivity index (χ3n) is 5.83. The second-order valence-corrected chi connectivity index (χ2v) is 12.0. The SMILES string of the molecule is Cc1cnc(Nc2ccc(OCCC3CCCN3)cc2)nc1Nc1cccc(S(=O)(=O)NC(C)(C)C)c1.Cl.Cl.O. The Morgan fingerprint density at radius 1 is 1.05 bits per heavy atom. The fourth-order valence-corrected chi connectivity index (χ4v) is 5.52. The monoisotopic (exact) mass is 614 g/mol. The van der Waals surface area contributed by atoms with Crippen molar-refractivity contribution in [1.29, 1.82) is 0 Å². The zero-order valence-electron chi connectivity index (χ0n) is 23.2. The molecule has 1 aliphatic heterocycles. The molecule has 1 saturated heterocycles. The third kappa shape index (κ3) is 10.4. The van der Waals surface area contributed by atoms with Crippen molar-refractivity contribution in [2.24, 2.45) is 0 Å². The second-order valence-electron chi connectivity index (χ2n) is 10.3. The van der Waals surface area contributed by atoms with Crippen LogP contribution < -0.4 is 25.4 Å². The molecule has 1 fully saturated rings. The molecule has 0 radical (unpaired) electrons. The van der Waals surface area contributed by atoms with Crippen molar-refractivity contribution in [2.75, 3.05) is 23.8 Å². The summed E-state index contributed by atoms with van der Waals surface area (Å²) in [5.74, 6) is 1.83. The standard InChI is InChI=1S/C27H36N6O3S.2ClH.H2O/c1-19-18-29-26(31-21-10-12-23(13-11-21)36-16-14-20-8-6-15-28-20)32-25(19)30-22-7-5-9-24(17-22)37(34,35)33-27(2,3)4;;;/h5,7,9-13,17-18,20,28,33H,6,8,14-16H2,1-4H3,(H2,29,30,31,32);2*1H;1H2. The number of aromatic nitrogens is 2. The lowest BCUT2D eigenvalue weighted by atomic mass is 10.1. The second kappa shape index (κ2) is 15.4. The predicted octanol–water partition coefficient (Wildman–Crippen LogP) is 4.89. The lowest BCUT2D eigenvalue weighted by Gasteiger charge is -2.20. The summed E-state index contributed by atoms with van der Waals surface area (Å²) in [7, 11) is -3.65. The van der Waals surface area contributed by atoms with Crippen molar-refractivity contribution < 1.29 is 18.6 Å². The first-order chi connectivity index (χ1) is 17.6. The van der Waals surface area contributed by atoms with E-state index in [1.54, 1.807) is 51.2 Å².